The smallest absolute Gasteiger partial charge is 0.407 e. The molecule has 0 radical (unpaired) electrons. The van der Waals surface area contributed by atoms with E-state index in [-0.39, 0.29) is 47.5 Å². The van der Waals surface area contributed by atoms with Crippen LogP contribution in [0.4, 0.5) is 4.79 Å². The van der Waals surface area contributed by atoms with E-state index in [1.807, 2.05) is 50.2 Å². The fourth-order valence-electron chi connectivity index (χ4n) is 5.80. The second-order valence-corrected chi connectivity index (χ2v) is 16.7. The van der Waals surface area contributed by atoms with Crippen molar-refractivity contribution in [2.45, 2.75) is 64.3 Å². The molecule has 0 aromatic heterocycles. The molecule has 3 aromatic carbocycles. The van der Waals surface area contributed by atoms with Gasteiger partial charge in [0.2, 0.25) is 0 Å². The number of likely N-dealkylation sites (tertiary alicyclic amines) is 1. The molecule has 1 saturated heterocycles. The fraction of sp³-hybridized carbons (Fsp3) is 0.394. The summed E-state index contributed by atoms with van der Waals surface area (Å²) in [4.78, 5) is 26.5. The Balaban J connectivity index is 1.66. The van der Waals surface area contributed by atoms with Gasteiger partial charge in [0, 0.05) is 11.6 Å². The van der Waals surface area contributed by atoms with Crippen LogP contribution >= 0.6 is 11.6 Å². The Kier molecular flexibility index (Phi) is 10.1. The zero-order valence-corrected chi connectivity index (χ0v) is 27.3. The third-order valence-electron chi connectivity index (χ3n) is 7.60. The molecule has 0 aliphatic carbocycles. The maximum absolute atomic E-state index is 12.7. The molecule has 0 bridgehead atoms. The van der Waals surface area contributed by atoms with Crippen LogP contribution in [0.2, 0.25) is 10.1 Å². The molecule has 0 spiro atoms. The van der Waals surface area contributed by atoms with Crippen LogP contribution in [0.25, 0.3) is 0 Å². The van der Waals surface area contributed by atoms with Crippen LogP contribution in [-0.2, 0) is 9.16 Å². The van der Waals surface area contributed by atoms with E-state index in [1.165, 1.54) is 24.1 Å². The zero-order chi connectivity index (χ0) is 31.4. The molecule has 1 N–H and O–H groups in total. The van der Waals surface area contributed by atoms with E-state index >= 15 is 0 Å². The van der Waals surface area contributed by atoms with Crippen LogP contribution in [0.3, 0.4) is 0 Å². The second kappa shape index (κ2) is 13.4. The van der Waals surface area contributed by atoms with E-state index in [0.29, 0.717) is 11.4 Å². The average molecular weight is 626 g/mol. The highest BCUT2D eigenvalue weighted by molar-refractivity contribution is 6.99. The van der Waals surface area contributed by atoms with Crippen molar-refractivity contribution in [1.82, 2.24) is 4.90 Å². The molecule has 230 valence electrons. The number of benzene rings is 3. The SMILES string of the molecule is COC(=O)c1c(OC[C@H]2C[C@@H](O[Si](c3ccccc3)(c3ccccc3)C(C)(C)C)CN2C(=O)O)cc(Cl)cc1OC(C)C. The summed E-state index contributed by atoms with van der Waals surface area (Å²) in [7, 11) is -1.64. The Morgan fingerprint density at radius 2 is 1.56 bits per heavy atom. The number of carbonyl (C=O) groups is 2. The Bertz CT molecular complexity index is 1370. The van der Waals surface area contributed by atoms with E-state index in [9.17, 15) is 14.7 Å². The molecule has 0 unspecified atom stereocenters. The van der Waals surface area contributed by atoms with Crippen LogP contribution in [0.5, 0.6) is 11.5 Å². The van der Waals surface area contributed by atoms with Gasteiger partial charge in [0.05, 0.1) is 25.4 Å². The first kappa shape index (κ1) is 32.4. The number of amides is 1. The third-order valence-corrected chi connectivity index (χ3v) is 12.9. The van der Waals surface area contributed by atoms with E-state index in [0.717, 1.165) is 10.4 Å². The number of hydrogen-bond donors (Lipinski definition) is 1. The molecule has 2 atom stereocenters. The number of hydrogen-bond acceptors (Lipinski definition) is 6. The van der Waals surface area contributed by atoms with Crippen molar-refractivity contribution in [1.29, 1.82) is 0 Å². The molecule has 1 heterocycles. The van der Waals surface area contributed by atoms with Crippen LogP contribution in [0.1, 0.15) is 51.4 Å². The average Bonchev–Trinajstić information content (AvgIpc) is 3.37. The maximum Gasteiger partial charge on any atom is 0.407 e. The minimum absolute atomic E-state index is 0.0155. The summed E-state index contributed by atoms with van der Waals surface area (Å²) in [6, 6.07) is 23.0. The summed E-state index contributed by atoms with van der Waals surface area (Å²) >= 11 is 6.35. The van der Waals surface area contributed by atoms with Crippen molar-refractivity contribution in [3.05, 3.63) is 83.4 Å². The number of rotatable bonds is 10. The normalized spacial score (nSPS) is 17.2. The van der Waals surface area contributed by atoms with Gasteiger partial charge in [-0.05, 0) is 47.8 Å². The van der Waals surface area contributed by atoms with Crippen molar-refractivity contribution in [2.24, 2.45) is 0 Å². The van der Waals surface area contributed by atoms with E-state index < -0.39 is 26.4 Å². The van der Waals surface area contributed by atoms with Gasteiger partial charge in [-0.3, -0.25) is 4.90 Å². The molecular weight excluding hydrogens is 586 g/mol. The van der Waals surface area contributed by atoms with Gasteiger partial charge in [0.15, 0.2) is 0 Å². The number of methoxy groups -OCH3 is 1. The van der Waals surface area contributed by atoms with Crippen molar-refractivity contribution in [2.75, 3.05) is 20.3 Å². The lowest BCUT2D eigenvalue weighted by Gasteiger charge is -2.44. The predicted molar refractivity (Wildman–Crippen MR) is 170 cm³/mol. The van der Waals surface area contributed by atoms with Crippen molar-refractivity contribution < 1.29 is 33.3 Å². The molecule has 0 saturated carbocycles. The Labute approximate surface area is 259 Å². The highest BCUT2D eigenvalue weighted by Crippen LogP contribution is 2.40. The van der Waals surface area contributed by atoms with Gasteiger partial charge in [0.25, 0.3) is 8.32 Å². The summed E-state index contributed by atoms with van der Waals surface area (Å²) in [5.74, 6) is -0.243. The Hall–Kier alpha value is -3.53. The number of nitrogens with zero attached hydrogens (tertiary/aromatic N) is 1. The second-order valence-electron chi connectivity index (χ2n) is 12.0. The quantitative estimate of drug-likeness (QED) is 0.218. The summed E-state index contributed by atoms with van der Waals surface area (Å²) < 4.78 is 24.2. The molecule has 1 aliphatic heterocycles. The van der Waals surface area contributed by atoms with Gasteiger partial charge >= 0.3 is 12.1 Å². The monoisotopic (exact) mass is 625 g/mol. The largest absolute Gasteiger partial charge is 0.490 e. The van der Waals surface area contributed by atoms with Gasteiger partial charge < -0.3 is 23.7 Å². The van der Waals surface area contributed by atoms with E-state index in [4.69, 9.17) is 30.2 Å². The van der Waals surface area contributed by atoms with Gasteiger partial charge in [0.1, 0.15) is 23.7 Å². The fourth-order valence-corrected chi connectivity index (χ4v) is 10.7. The first-order chi connectivity index (χ1) is 20.4. The minimum Gasteiger partial charge on any atom is -0.490 e. The van der Waals surface area contributed by atoms with Crippen molar-refractivity contribution in [3.8, 4) is 11.5 Å². The number of halogens is 1. The molecule has 1 amide bonds. The van der Waals surface area contributed by atoms with Crippen LogP contribution in [-0.4, -0.2) is 68.9 Å². The summed E-state index contributed by atoms with van der Waals surface area (Å²) in [5, 5.41) is 12.5. The number of carbonyl (C=O) groups excluding carboxylic acids is 1. The van der Waals surface area contributed by atoms with Gasteiger partial charge in [-0.2, -0.15) is 0 Å². The summed E-state index contributed by atoms with van der Waals surface area (Å²) in [6.45, 7) is 10.4. The lowest BCUT2D eigenvalue weighted by Crippen LogP contribution is -2.67. The number of carboxylic acid groups (broad SMARTS) is 1. The van der Waals surface area contributed by atoms with E-state index in [1.54, 1.807) is 0 Å². The number of ether oxygens (including phenoxy) is 3. The molecule has 1 fully saturated rings. The predicted octanol–water partition coefficient (Wildman–Crippen LogP) is 5.99. The molecule has 1 aliphatic rings. The van der Waals surface area contributed by atoms with Gasteiger partial charge in [-0.15, -0.1) is 0 Å². The molecule has 4 rings (SSSR count). The summed E-state index contributed by atoms with van der Waals surface area (Å²) in [5.41, 5.74) is 0.0978. The third kappa shape index (κ3) is 7.00. The Morgan fingerprint density at radius 3 is 2.05 bits per heavy atom. The van der Waals surface area contributed by atoms with Crippen LogP contribution < -0.4 is 19.8 Å². The van der Waals surface area contributed by atoms with Gasteiger partial charge in [-0.25, -0.2) is 9.59 Å². The first-order valence-corrected chi connectivity index (χ1v) is 16.7. The first-order valence-electron chi connectivity index (χ1n) is 14.4. The molecule has 10 heteroatoms. The highest BCUT2D eigenvalue weighted by Gasteiger charge is 2.53. The zero-order valence-electron chi connectivity index (χ0n) is 25.5. The standard InChI is InChI=1S/C33H40ClNO7Si/c1-22(2)41-29-18-23(34)17-28(30(29)31(36)39-6)40-21-24-19-25(20-35(24)32(37)38)42-43(33(3,4)5,26-13-9-7-10-14-26)27-15-11-8-12-16-27/h7-18,22,24-25H,19-21H2,1-6H3,(H,37,38)/t24-,25-/m1/s1. The molecular formula is C33H40ClNO7Si. The topological polar surface area (TPSA) is 94.5 Å². The summed E-state index contributed by atoms with van der Waals surface area (Å²) in [6.07, 6.45) is -1.26. The lowest BCUT2D eigenvalue weighted by atomic mass is 10.1. The van der Waals surface area contributed by atoms with Crippen LogP contribution in [0, 0.1) is 0 Å². The van der Waals surface area contributed by atoms with Crippen LogP contribution in [0.15, 0.2) is 72.8 Å². The molecule has 8 nitrogen and oxygen atoms in total. The maximum atomic E-state index is 12.7. The Morgan fingerprint density at radius 1 is 1.00 bits per heavy atom. The lowest BCUT2D eigenvalue weighted by molar-refractivity contribution is 0.0586. The number of esters is 1. The molecule has 43 heavy (non-hydrogen) atoms. The van der Waals surface area contributed by atoms with Crippen molar-refractivity contribution >= 4 is 42.4 Å². The molecule has 3 aromatic rings. The minimum atomic E-state index is -2.91. The van der Waals surface area contributed by atoms with Gasteiger partial charge in [-0.1, -0.05) is 93.0 Å². The highest BCUT2D eigenvalue weighted by atomic mass is 35.5. The van der Waals surface area contributed by atoms with Crippen molar-refractivity contribution in [3.63, 3.8) is 0 Å². The van der Waals surface area contributed by atoms with E-state index in [2.05, 4.69) is 45.0 Å².